The molecule has 0 aromatic heterocycles. The van der Waals surface area contributed by atoms with E-state index in [1.54, 1.807) is 0 Å². The minimum Gasteiger partial charge on any atom is -0.396 e. The first kappa shape index (κ1) is 14.9. The zero-order chi connectivity index (χ0) is 14.8. The van der Waals surface area contributed by atoms with Crippen LogP contribution in [0.3, 0.4) is 0 Å². The Morgan fingerprint density at radius 3 is 2.67 bits per heavy atom. The number of hydrogen-bond donors (Lipinski definition) is 2. The van der Waals surface area contributed by atoms with E-state index >= 15 is 0 Å². The molecule has 2 aliphatic heterocycles. The number of methoxy groups -OCH3 is 1. The van der Waals surface area contributed by atoms with Crippen molar-refractivity contribution >= 4 is 0 Å². The fraction of sp³-hybridized carbons (Fsp3) is 0.600. The Morgan fingerprint density at radius 1 is 1.24 bits per heavy atom. The van der Waals surface area contributed by atoms with E-state index in [0.717, 1.165) is 5.56 Å². The minimum atomic E-state index is -0.867. The lowest BCUT2D eigenvalue weighted by molar-refractivity contribution is -0.352. The highest BCUT2D eigenvalue weighted by Gasteiger charge is 2.49. The van der Waals surface area contributed by atoms with Gasteiger partial charge in [0.05, 0.1) is 25.2 Å². The standard InChI is InChI=1S/C15H20O6/c1-18-15-10(7-16)12(17)13-11(20-15)8-19-14(21-13)9-5-3-2-4-6-9/h2-6,10-17H,7-8H2,1H3/t10-,11-,12-,13-,14-,15+/m1/s1. The van der Waals surface area contributed by atoms with Crippen LogP contribution in [-0.2, 0) is 18.9 Å². The van der Waals surface area contributed by atoms with Gasteiger partial charge in [-0.3, -0.25) is 0 Å². The monoisotopic (exact) mass is 296 g/mol. The van der Waals surface area contributed by atoms with Gasteiger partial charge in [-0.15, -0.1) is 0 Å². The van der Waals surface area contributed by atoms with E-state index in [1.165, 1.54) is 7.11 Å². The van der Waals surface area contributed by atoms with Gasteiger partial charge in [0.25, 0.3) is 0 Å². The van der Waals surface area contributed by atoms with Crippen LogP contribution in [0.5, 0.6) is 0 Å². The van der Waals surface area contributed by atoms with Crippen LogP contribution in [0.2, 0.25) is 0 Å². The molecule has 2 heterocycles. The third-order valence-corrected chi connectivity index (χ3v) is 4.01. The summed E-state index contributed by atoms with van der Waals surface area (Å²) in [5.74, 6) is -0.536. The van der Waals surface area contributed by atoms with Gasteiger partial charge in [-0.25, -0.2) is 0 Å². The van der Waals surface area contributed by atoms with Crippen molar-refractivity contribution in [2.24, 2.45) is 5.92 Å². The summed E-state index contributed by atoms with van der Waals surface area (Å²) in [7, 11) is 1.48. The van der Waals surface area contributed by atoms with Gasteiger partial charge in [0.1, 0.15) is 12.2 Å². The molecule has 6 nitrogen and oxygen atoms in total. The summed E-state index contributed by atoms with van der Waals surface area (Å²) in [6, 6.07) is 9.53. The molecule has 0 unspecified atom stereocenters. The molecule has 2 N–H and O–H groups in total. The first-order chi connectivity index (χ1) is 10.2. The van der Waals surface area contributed by atoms with Crippen molar-refractivity contribution in [2.45, 2.75) is 30.9 Å². The molecular formula is C15H20O6. The van der Waals surface area contributed by atoms with E-state index in [4.69, 9.17) is 18.9 Å². The smallest absolute Gasteiger partial charge is 0.184 e. The lowest BCUT2D eigenvalue weighted by Gasteiger charge is -2.47. The van der Waals surface area contributed by atoms with Crippen molar-refractivity contribution in [3.8, 4) is 0 Å². The molecule has 2 fully saturated rings. The molecule has 1 aromatic carbocycles. The van der Waals surface area contributed by atoms with Gasteiger partial charge < -0.3 is 29.2 Å². The summed E-state index contributed by atoms with van der Waals surface area (Å²) in [6.07, 6.45) is -3.02. The first-order valence-corrected chi connectivity index (χ1v) is 7.03. The number of fused-ring (bicyclic) bond motifs is 1. The van der Waals surface area contributed by atoms with Crippen molar-refractivity contribution in [3.63, 3.8) is 0 Å². The second-order valence-electron chi connectivity index (χ2n) is 5.29. The predicted octanol–water partition coefficient (Wildman–Crippen LogP) is 0.441. The molecule has 6 atom stereocenters. The van der Waals surface area contributed by atoms with Gasteiger partial charge in [0.15, 0.2) is 12.6 Å². The molecule has 1 aromatic rings. The second-order valence-corrected chi connectivity index (χ2v) is 5.29. The van der Waals surface area contributed by atoms with Crippen molar-refractivity contribution in [2.75, 3.05) is 20.3 Å². The highest BCUT2D eigenvalue weighted by molar-refractivity contribution is 5.16. The van der Waals surface area contributed by atoms with Gasteiger partial charge in [0.2, 0.25) is 0 Å². The van der Waals surface area contributed by atoms with E-state index in [0.29, 0.717) is 6.61 Å². The first-order valence-electron chi connectivity index (χ1n) is 7.03. The number of hydrogen-bond acceptors (Lipinski definition) is 6. The molecule has 0 amide bonds. The molecule has 0 spiro atoms. The van der Waals surface area contributed by atoms with E-state index in [9.17, 15) is 10.2 Å². The van der Waals surface area contributed by atoms with Gasteiger partial charge in [-0.05, 0) is 0 Å². The van der Waals surface area contributed by atoms with E-state index in [-0.39, 0.29) is 6.61 Å². The molecule has 0 saturated carbocycles. The summed E-state index contributed by atoms with van der Waals surface area (Å²) in [5.41, 5.74) is 0.887. The van der Waals surface area contributed by atoms with Crippen LogP contribution in [0.15, 0.2) is 30.3 Å². The number of ether oxygens (including phenoxy) is 4. The maximum Gasteiger partial charge on any atom is 0.184 e. The van der Waals surface area contributed by atoms with E-state index in [2.05, 4.69) is 0 Å². The van der Waals surface area contributed by atoms with Crippen LogP contribution in [0.25, 0.3) is 0 Å². The lowest BCUT2D eigenvalue weighted by Crippen LogP contribution is -2.60. The molecular weight excluding hydrogens is 276 g/mol. The molecule has 2 saturated heterocycles. The molecule has 3 rings (SSSR count). The Morgan fingerprint density at radius 2 is 2.00 bits per heavy atom. The summed E-state index contributed by atoms with van der Waals surface area (Å²) in [4.78, 5) is 0. The topological polar surface area (TPSA) is 77.4 Å². The zero-order valence-electron chi connectivity index (χ0n) is 11.8. The molecule has 21 heavy (non-hydrogen) atoms. The number of aliphatic hydroxyl groups is 2. The Hall–Kier alpha value is -1.02. The Bertz CT molecular complexity index is 453. The largest absolute Gasteiger partial charge is 0.396 e. The molecule has 2 aliphatic rings. The lowest BCUT2D eigenvalue weighted by atomic mass is 9.91. The van der Waals surface area contributed by atoms with E-state index < -0.39 is 36.8 Å². The average Bonchev–Trinajstić information content (AvgIpc) is 2.55. The molecule has 0 bridgehead atoms. The van der Waals surface area contributed by atoms with Gasteiger partial charge in [-0.1, -0.05) is 30.3 Å². The van der Waals surface area contributed by atoms with Crippen LogP contribution < -0.4 is 0 Å². The number of rotatable bonds is 3. The normalized spacial score (nSPS) is 39.8. The summed E-state index contributed by atoms with van der Waals surface area (Å²) >= 11 is 0. The zero-order valence-corrected chi connectivity index (χ0v) is 11.8. The highest BCUT2D eigenvalue weighted by atomic mass is 16.7. The van der Waals surface area contributed by atoms with Crippen molar-refractivity contribution in [1.29, 1.82) is 0 Å². The van der Waals surface area contributed by atoms with Crippen molar-refractivity contribution < 1.29 is 29.2 Å². The maximum absolute atomic E-state index is 10.4. The Labute approximate surface area is 123 Å². The van der Waals surface area contributed by atoms with Crippen LogP contribution in [0, 0.1) is 5.92 Å². The summed E-state index contributed by atoms with van der Waals surface area (Å²) < 4.78 is 22.4. The molecule has 116 valence electrons. The highest BCUT2D eigenvalue weighted by Crippen LogP contribution is 2.36. The van der Waals surface area contributed by atoms with Gasteiger partial charge in [-0.2, -0.15) is 0 Å². The average molecular weight is 296 g/mol. The van der Waals surface area contributed by atoms with Crippen LogP contribution >= 0.6 is 0 Å². The third kappa shape index (κ3) is 2.83. The maximum atomic E-state index is 10.4. The van der Waals surface area contributed by atoms with Crippen LogP contribution in [-0.4, -0.2) is 55.1 Å². The second kappa shape index (κ2) is 6.39. The van der Waals surface area contributed by atoms with Crippen molar-refractivity contribution in [3.05, 3.63) is 35.9 Å². The summed E-state index contributed by atoms with van der Waals surface area (Å²) in [6.45, 7) is 0.0718. The molecule has 6 heteroatoms. The Balaban J connectivity index is 1.75. The molecule has 0 radical (unpaired) electrons. The Kier molecular flexibility index (Phi) is 4.54. The fourth-order valence-electron chi connectivity index (χ4n) is 2.85. The third-order valence-electron chi connectivity index (χ3n) is 4.01. The number of benzene rings is 1. The predicted molar refractivity (Wildman–Crippen MR) is 72.3 cm³/mol. The van der Waals surface area contributed by atoms with Crippen LogP contribution in [0.1, 0.15) is 11.9 Å². The fourth-order valence-corrected chi connectivity index (χ4v) is 2.85. The van der Waals surface area contributed by atoms with E-state index in [1.807, 2.05) is 30.3 Å². The SMILES string of the molecule is CO[C@H]1O[C@@H]2CO[C@@H](c3ccccc3)O[C@H]2[C@H](O)[C@H]1CO. The van der Waals surface area contributed by atoms with Gasteiger partial charge >= 0.3 is 0 Å². The number of aliphatic hydroxyl groups excluding tert-OH is 2. The van der Waals surface area contributed by atoms with Crippen molar-refractivity contribution in [1.82, 2.24) is 0 Å². The quantitative estimate of drug-likeness (QED) is 0.843. The van der Waals surface area contributed by atoms with Gasteiger partial charge in [0, 0.05) is 12.7 Å². The van der Waals surface area contributed by atoms with Crippen LogP contribution in [0.4, 0.5) is 0 Å². The summed E-state index contributed by atoms with van der Waals surface area (Å²) in [5, 5.41) is 19.9. The molecule has 0 aliphatic carbocycles. The minimum absolute atomic E-state index is 0.233.